The number of carbonyl (C=O) groups is 1. The van der Waals surface area contributed by atoms with E-state index in [1.165, 1.54) is 0 Å². The zero-order valence-corrected chi connectivity index (χ0v) is 23.3. The third-order valence-electron chi connectivity index (χ3n) is 5.85. The van der Waals surface area contributed by atoms with Crippen LogP contribution in [0.4, 0.5) is 0 Å². The van der Waals surface area contributed by atoms with Crippen LogP contribution in [-0.2, 0) is 18.3 Å². The SMILES string of the molecule is CC(C)(C)O.Cc1cc2nc(-c3ccc4nn(C)c(C)c4c3)sc2c(-c2ccc(Cl)cc2)c1CC(=O)O. The summed E-state index contributed by atoms with van der Waals surface area (Å²) >= 11 is 7.69. The fourth-order valence-electron chi connectivity index (χ4n) is 4.12. The topological polar surface area (TPSA) is 88.2 Å². The first kappa shape index (κ1) is 26.8. The van der Waals surface area contributed by atoms with Gasteiger partial charge in [0.1, 0.15) is 5.01 Å². The molecule has 0 bridgehead atoms. The Morgan fingerprint density at radius 2 is 1.65 bits per heavy atom. The van der Waals surface area contributed by atoms with Crippen molar-refractivity contribution < 1.29 is 15.0 Å². The van der Waals surface area contributed by atoms with Crippen molar-refractivity contribution in [3.05, 3.63) is 70.4 Å². The predicted molar refractivity (Wildman–Crippen MR) is 153 cm³/mol. The first-order valence-corrected chi connectivity index (χ1v) is 13.1. The number of fused-ring (bicyclic) bond motifs is 2. The van der Waals surface area contributed by atoms with Gasteiger partial charge in [0.25, 0.3) is 0 Å². The van der Waals surface area contributed by atoms with E-state index < -0.39 is 11.6 Å². The van der Waals surface area contributed by atoms with Gasteiger partial charge in [-0.3, -0.25) is 9.48 Å². The zero-order valence-electron chi connectivity index (χ0n) is 21.8. The number of hydrogen-bond acceptors (Lipinski definition) is 5. The Hall–Kier alpha value is -3.26. The lowest BCUT2D eigenvalue weighted by Gasteiger charge is -2.13. The highest BCUT2D eigenvalue weighted by Crippen LogP contribution is 2.41. The number of aliphatic carboxylic acids is 1. The molecule has 0 radical (unpaired) electrons. The van der Waals surface area contributed by atoms with E-state index in [9.17, 15) is 9.90 Å². The molecule has 2 heterocycles. The molecule has 0 unspecified atom stereocenters. The number of aromatic nitrogens is 3. The molecule has 0 aliphatic heterocycles. The van der Waals surface area contributed by atoms with Crippen molar-refractivity contribution >= 4 is 50.0 Å². The summed E-state index contributed by atoms with van der Waals surface area (Å²) in [5, 5.41) is 25.2. The zero-order chi connectivity index (χ0) is 27.1. The number of nitrogens with zero attached hydrogens (tertiary/aromatic N) is 3. The molecule has 8 heteroatoms. The van der Waals surface area contributed by atoms with Crippen molar-refractivity contribution in [3.8, 4) is 21.7 Å². The lowest BCUT2D eigenvalue weighted by atomic mass is 9.93. The third-order valence-corrected chi connectivity index (χ3v) is 7.24. The van der Waals surface area contributed by atoms with Crippen molar-refractivity contribution in [2.45, 2.75) is 46.6 Å². The maximum absolute atomic E-state index is 11.6. The fourth-order valence-corrected chi connectivity index (χ4v) is 5.38. The number of rotatable bonds is 4. The second-order valence-electron chi connectivity index (χ2n) is 10.1. The molecule has 2 N–H and O–H groups in total. The molecule has 0 aliphatic carbocycles. The summed E-state index contributed by atoms with van der Waals surface area (Å²) in [4.78, 5) is 16.6. The van der Waals surface area contributed by atoms with Crippen molar-refractivity contribution in [2.75, 3.05) is 0 Å². The van der Waals surface area contributed by atoms with Crippen LogP contribution in [0.25, 0.3) is 42.8 Å². The van der Waals surface area contributed by atoms with E-state index in [-0.39, 0.29) is 6.42 Å². The highest BCUT2D eigenvalue weighted by atomic mass is 35.5. The summed E-state index contributed by atoms with van der Waals surface area (Å²) in [6.07, 6.45) is -0.0478. The lowest BCUT2D eigenvalue weighted by Crippen LogP contribution is -2.10. The average Bonchev–Trinajstić information content (AvgIpc) is 3.34. The van der Waals surface area contributed by atoms with Crippen LogP contribution in [0, 0.1) is 13.8 Å². The van der Waals surface area contributed by atoms with Gasteiger partial charge in [-0.2, -0.15) is 5.10 Å². The minimum atomic E-state index is -0.857. The molecule has 0 fully saturated rings. The van der Waals surface area contributed by atoms with Gasteiger partial charge in [0, 0.05) is 34.3 Å². The highest BCUT2D eigenvalue weighted by molar-refractivity contribution is 7.22. The summed E-state index contributed by atoms with van der Waals surface area (Å²) in [5.74, 6) is -0.857. The molecule has 3 aromatic carbocycles. The number of hydrogen-bond donors (Lipinski definition) is 2. The number of halogens is 1. The Labute approximate surface area is 225 Å². The van der Waals surface area contributed by atoms with Gasteiger partial charge in [-0.05, 0) is 87.7 Å². The second-order valence-corrected chi connectivity index (χ2v) is 11.5. The standard InChI is InChI=1S/C25H20ClN3O2S.C4H10O/c1-13-10-21-24(23(18(13)12-22(30)31)15-4-7-17(26)8-5-15)32-25(27-21)16-6-9-20-19(11-16)14(2)29(3)28-20;1-4(2,3)5/h4-11H,12H2,1-3H3,(H,30,31);5H,1-3H3. The van der Waals surface area contributed by atoms with Crippen LogP contribution in [0.3, 0.4) is 0 Å². The molecule has 0 spiro atoms. The average molecular weight is 536 g/mol. The molecule has 2 aromatic heterocycles. The summed E-state index contributed by atoms with van der Waals surface area (Å²) in [6, 6.07) is 15.7. The number of aryl methyl sites for hydroxylation is 3. The smallest absolute Gasteiger partial charge is 0.307 e. The van der Waals surface area contributed by atoms with E-state index in [2.05, 4.69) is 18.1 Å². The van der Waals surface area contributed by atoms with E-state index in [0.29, 0.717) is 5.02 Å². The molecule has 0 saturated heterocycles. The highest BCUT2D eigenvalue weighted by Gasteiger charge is 2.20. The van der Waals surface area contributed by atoms with Gasteiger partial charge < -0.3 is 10.2 Å². The summed E-state index contributed by atoms with van der Waals surface area (Å²) in [5.41, 5.74) is 7.02. The van der Waals surface area contributed by atoms with Gasteiger partial charge in [-0.1, -0.05) is 23.7 Å². The monoisotopic (exact) mass is 535 g/mol. The van der Waals surface area contributed by atoms with Gasteiger partial charge in [-0.15, -0.1) is 11.3 Å². The van der Waals surface area contributed by atoms with Crippen LogP contribution in [0.1, 0.15) is 37.6 Å². The van der Waals surface area contributed by atoms with Gasteiger partial charge in [0.2, 0.25) is 0 Å². The van der Waals surface area contributed by atoms with Crippen LogP contribution in [0.2, 0.25) is 5.02 Å². The largest absolute Gasteiger partial charge is 0.481 e. The number of carboxylic acids is 1. The van der Waals surface area contributed by atoms with Crippen molar-refractivity contribution in [3.63, 3.8) is 0 Å². The van der Waals surface area contributed by atoms with Gasteiger partial charge in [0.05, 0.1) is 27.8 Å². The lowest BCUT2D eigenvalue weighted by molar-refractivity contribution is -0.136. The molecule has 0 saturated carbocycles. The van der Waals surface area contributed by atoms with E-state index in [1.54, 1.807) is 32.1 Å². The molecule has 192 valence electrons. The van der Waals surface area contributed by atoms with Crippen LogP contribution in [0.15, 0.2) is 48.5 Å². The minimum Gasteiger partial charge on any atom is -0.481 e. The van der Waals surface area contributed by atoms with E-state index >= 15 is 0 Å². The van der Waals surface area contributed by atoms with Gasteiger partial charge >= 0.3 is 5.97 Å². The number of aliphatic hydroxyl groups is 1. The van der Waals surface area contributed by atoms with E-state index in [4.69, 9.17) is 21.7 Å². The van der Waals surface area contributed by atoms with Crippen molar-refractivity contribution in [1.82, 2.24) is 14.8 Å². The van der Waals surface area contributed by atoms with Crippen molar-refractivity contribution in [2.24, 2.45) is 7.05 Å². The first-order valence-electron chi connectivity index (χ1n) is 11.9. The maximum Gasteiger partial charge on any atom is 0.307 e. The molecule has 37 heavy (non-hydrogen) atoms. The molecule has 6 nitrogen and oxygen atoms in total. The Balaban J connectivity index is 0.000000586. The summed E-state index contributed by atoms with van der Waals surface area (Å²) < 4.78 is 2.86. The Kier molecular flexibility index (Phi) is 7.42. The summed E-state index contributed by atoms with van der Waals surface area (Å²) in [7, 11) is 1.94. The Bertz CT molecular complexity index is 1610. The first-order chi connectivity index (χ1) is 17.3. The Morgan fingerprint density at radius 1 is 1.03 bits per heavy atom. The second kappa shape index (κ2) is 10.2. The predicted octanol–water partition coefficient (Wildman–Crippen LogP) is 7.19. The normalized spacial score (nSPS) is 11.6. The van der Waals surface area contributed by atoms with Crippen LogP contribution in [-0.4, -0.2) is 36.5 Å². The van der Waals surface area contributed by atoms with Crippen molar-refractivity contribution in [1.29, 1.82) is 0 Å². The van der Waals surface area contributed by atoms with Crippen LogP contribution < -0.4 is 0 Å². The van der Waals surface area contributed by atoms with Crippen LogP contribution >= 0.6 is 22.9 Å². The third kappa shape index (κ3) is 6.01. The molecule has 5 aromatic rings. The molecule has 0 atom stereocenters. The molecular weight excluding hydrogens is 506 g/mol. The summed E-state index contributed by atoms with van der Waals surface area (Å²) in [6.45, 7) is 9.23. The van der Waals surface area contributed by atoms with Crippen LogP contribution in [0.5, 0.6) is 0 Å². The molecule has 0 aliphatic rings. The van der Waals surface area contributed by atoms with E-state index in [1.807, 2.05) is 61.1 Å². The number of benzene rings is 3. The van der Waals surface area contributed by atoms with Gasteiger partial charge in [0.15, 0.2) is 0 Å². The quantitative estimate of drug-likeness (QED) is 0.254. The minimum absolute atomic E-state index is 0.0478. The number of thiazole rings is 1. The Morgan fingerprint density at radius 3 is 2.27 bits per heavy atom. The number of carboxylic acid groups (broad SMARTS) is 1. The maximum atomic E-state index is 11.6. The molecule has 5 rings (SSSR count). The fraction of sp³-hybridized carbons (Fsp3) is 0.276. The van der Waals surface area contributed by atoms with Gasteiger partial charge in [-0.25, -0.2) is 4.98 Å². The van der Waals surface area contributed by atoms with E-state index in [0.717, 1.165) is 59.6 Å². The molecular formula is C29H30ClN3O3S. The molecule has 0 amide bonds.